The van der Waals surface area contributed by atoms with Gasteiger partial charge in [-0.2, -0.15) is 14.5 Å². The van der Waals surface area contributed by atoms with E-state index in [1.807, 2.05) is 25.5 Å². The number of nitrogens with zero attached hydrogens (tertiary/aromatic N) is 6. The molecule has 0 unspecified atom stereocenters. The van der Waals surface area contributed by atoms with Crippen molar-refractivity contribution in [3.63, 3.8) is 0 Å². The Hall–Kier alpha value is -2.72. The summed E-state index contributed by atoms with van der Waals surface area (Å²) in [4.78, 5) is 4.68. The fourth-order valence-electron chi connectivity index (χ4n) is 3.35. The third-order valence-corrected chi connectivity index (χ3v) is 6.35. The van der Waals surface area contributed by atoms with E-state index in [9.17, 15) is 8.42 Å². The maximum Gasteiger partial charge on any atom is 0.240 e. The quantitative estimate of drug-likeness (QED) is 0.646. The number of aryl methyl sites for hydroxylation is 1. The number of rotatable bonds is 5. The Kier molecular flexibility index (Phi) is 4.90. The molecule has 3 aromatic heterocycles. The highest BCUT2D eigenvalue weighted by molar-refractivity contribution is 7.92. The summed E-state index contributed by atoms with van der Waals surface area (Å²) in [5.74, 6) is 0.490. The first kappa shape index (κ1) is 18.6. The Balaban J connectivity index is 1.59. The lowest BCUT2D eigenvalue weighted by Gasteiger charge is -2.19. The summed E-state index contributed by atoms with van der Waals surface area (Å²) in [5.41, 5.74) is 2.35. The highest BCUT2D eigenvalue weighted by atomic mass is 32.2. The molecule has 0 aliphatic carbocycles. The van der Waals surface area contributed by atoms with E-state index in [-0.39, 0.29) is 6.10 Å². The second-order valence-corrected chi connectivity index (χ2v) is 8.66. The molecule has 1 fully saturated rings. The molecule has 0 bridgehead atoms. The largest absolute Gasteiger partial charge is 0.473 e. The fraction of sp³-hybridized carbons (Fsp3) is 0.389. The van der Waals surface area contributed by atoms with Crippen LogP contribution in [0.1, 0.15) is 19.3 Å². The SMILES string of the molecule is C=CS(=O)(=O)N1CCC[C@H](Oc2nc(-c3cnn(C)c3)cn3nccc23)CC1. The maximum absolute atomic E-state index is 12.1. The van der Waals surface area contributed by atoms with Gasteiger partial charge in [-0.15, -0.1) is 0 Å². The Morgan fingerprint density at radius 1 is 1.25 bits per heavy atom. The molecule has 0 spiro atoms. The minimum absolute atomic E-state index is 0.125. The Labute approximate surface area is 163 Å². The molecular formula is C18H22N6O3S. The summed E-state index contributed by atoms with van der Waals surface area (Å²) in [7, 11) is -1.56. The Morgan fingerprint density at radius 3 is 2.86 bits per heavy atom. The molecule has 3 aromatic rings. The van der Waals surface area contributed by atoms with Gasteiger partial charge < -0.3 is 4.74 Å². The number of sulfonamides is 1. The topological polar surface area (TPSA) is 94.6 Å². The summed E-state index contributed by atoms with van der Waals surface area (Å²) in [6, 6.07) is 1.85. The van der Waals surface area contributed by atoms with E-state index < -0.39 is 10.0 Å². The lowest BCUT2D eigenvalue weighted by Crippen LogP contribution is -2.30. The van der Waals surface area contributed by atoms with E-state index in [4.69, 9.17) is 4.74 Å². The van der Waals surface area contributed by atoms with Gasteiger partial charge in [0, 0.05) is 37.3 Å². The zero-order valence-corrected chi connectivity index (χ0v) is 16.4. The van der Waals surface area contributed by atoms with E-state index in [0.29, 0.717) is 31.1 Å². The van der Waals surface area contributed by atoms with Crippen molar-refractivity contribution < 1.29 is 13.2 Å². The normalized spacial score (nSPS) is 18.8. The standard InChI is InChI=1S/C18H22N6O3S/c1-3-28(25,26)23-9-4-5-15(7-10-23)27-18-17-6-8-19-24(17)13-16(21-18)14-11-20-22(2)12-14/h3,6,8,11-13,15H,1,4-5,7,9-10H2,2H3/t15-/m0/s1. The molecule has 1 atom stereocenters. The van der Waals surface area contributed by atoms with Crippen LogP contribution in [0, 0.1) is 0 Å². The number of ether oxygens (including phenoxy) is 1. The van der Waals surface area contributed by atoms with Gasteiger partial charge in [0.25, 0.3) is 0 Å². The summed E-state index contributed by atoms with van der Waals surface area (Å²) in [6.45, 7) is 4.28. The Morgan fingerprint density at radius 2 is 2.11 bits per heavy atom. The zero-order chi connectivity index (χ0) is 19.7. The third kappa shape index (κ3) is 3.65. The lowest BCUT2D eigenvalue weighted by molar-refractivity contribution is 0.180. The van der Waals surface area contributed by atoms with Gasteiger partial charge in [-0.3, -0.25) is 4.68 Å². The van der Waals surface area contributed by atoms with E-state index >= 15 is 0 Å². The monoisotopic (exact) mass is 402 g/mol. The van der Waals surface area contributed by atoms with Crippen LogP contribution >= 0.6 is 0 Å². The van der Waals surface area contributed by atoms with Gasteiger partial charge in [0.1, 0.15) is 11.6 Å². The van der Waals surface area contributed by atoms with Gasteiger partial charge in [-0.05, 0) is 25.3 Å². The molecule has 1 aliphatic rings. The van der Waals surface area contributed by atoms with Crippen LogP contribution < -0.4 is 4.74 Å². The molecule has 0 aromatic carbocycles. The molecule has 4 rings (SSSR count). The second-order valence-electron chi connectivity index (χ2n) is 6.78. The number of hydrogen-bond acceptors (Lipinski definition) is 6. The Bertz CT molecular complexity index is 1100. The number of hydrogen-bond donors (Lipinski definition) is 0. The van der Waals surface area contributed by atoms with E-state index in [1.165, 1.54) is 4.31 Å². The van der Waals surface area contributed by atoms with Crippen molar-refractivity contribution in [3.05, 3.63) is 42.8 Å². The lowest BCUT2D eigenvalue weighted by atomic mass is 10.1. The van der Waals surface area contributed by atoms with Crippen LogP contribution in [-0.4, -0.2) is 56.3 Å². The average Bonchev–Trinajstić information content (AvgIpc) is 3.26. The van der Waals surface area contributed by atoms with Crippen molar-refractivity contribution in [2.45, 2.75) is 25.4 Å². The summed E-state index contributed by atoms with van der Waals surface area (Å²) < 4.78 is 35.2. The fourth-order valence-corrected chi connectivity index (χ4v) is 4.31. The molecule has 0 saturated carbocycles. The third-order valence-electron chi connectivity index (χ3n) is 4.84. The van der Waals surface area contributed by atoms with Gasteiger partial charge in [0.15, 0.2) is 0 Å². The molecule has 0 amide bonds. The molecule has 1 aliphatic heterocycles. The predicted molar refractivity (Wildman–Crippen MR) is 104 cm³/mol. The molecule has 10 heteroatoms. The van der Waals surface area contributed by atoms with Crippen LogP contribution in [0.5, 0.6) is 5.88 Å². The number of fused-ring (bicyclic) bond motifs is 1. The molecule has 0 N–H and O–H groups in total. The van der Waals surface area contributed by atoms with Crippen molar-refractivity contribution in [1.29, 1.82) is 0 Å². The minimum Gasteiger partial charge on any atom is -0.473 e. The smallest absolute Gasteiger partial charge is 0.240 e. The van der Waals surface area contributed by atoms with Crippen molar-refractivity contribution in [2.75, 3.05) is 13.1 Å². The zero-order valence-electron chi connectivity index (χ0n) is 15.6. The summed E-state index contributed by atoms with van der Waals surface area (Å²) in [6.07, 6.45) is 9.09. The van der Waals surface area contributed by atoms with Crippen molar-refractivity contribution in [1.82, 2.24) is 28.7 Å². The summed E-state index contributed by atoms with van der Waals surface area (Å²) in [5, 5.41) is 9.51. The van der Waals surface area contributed by atoms with Crippen LogP contribution in [-0.2, 0) is 17.1 Å². The molecule has 28 heavy (non-hydrogen) atoms. The van der Waals surface area contributed by atoms with Gasteiger partial charge >= 0.3 is 0 Å². The van der Waals surface area contributed by atoms with Crippen LogP contribution in [0.15, 0.2) is 42.8 Å². The van der Waals surface area contributed by atoms with E-state index in [1.54, 1.807) is 21.6 Å². The van der Waals surface area contributed by atoms with Crippen molar-refractivity contribution in [2.24, 2.45) is 7.05 Å². The minimum atomic E-state index is -3.40. The summed E-state index contributed by atoms with van der Waals surface area (Å²) >= 11 is 0. The van der Waals surface area contributed by atoms with E-state index in [2.05, 4.69) is 21.8 Å². The molecule has 1 saturated heterocycles. The first-order valence-electron chi connectivity index (χ1n) is 9.09. The maximum atomic E-state index is 12.1. The van der Waals surface area contributed by atoms with Gasteiger partial charge in [0.05, 0.1) is 24.3 Å². The first-order chi connectivity index (χ1) is 13.5. The predicted octanol–water partition coefficient (Wildman–Crippen LogP) is 1.84. The second kappa shape index (κ2) is 7.36. The number of aromatic nitrogens is 5. The van der Waals surface area contributed by atoms with Crippen molar-refractivity contribution >= 4 is 15.5 Å². The van der Waals surface area contributed by atoms with Gasteiger partial charge in [-0.1, -0.05) is 6.58 Å². The van der Waals surface area contributed by atoms with Crippen LogP contribution in [0.25, 0.3) is 16.8 Å². The molecule has 0 radical (unpaired) electrons. The highest BCUT2D eigenvalue weighted by Crippen LogP contribution is 2.26. The van der Waals surface area contributed by atoms with Crippen LogP contribution in [0.2, 0.25) is 0 Å². The van der Waals surface area contributed by atoms with Gasteiger partial charge in [0.2, 0.25) is 15.9 Å². The molecule has 9 nitrogen and oxygen atoms in total. The average molecular weight is 402 g/mol. The molecule has 4 heterocycles. The first-order valence-corrected chi connectivity index (χ1v) is 10.6. The van der Waals surface area contributed by atoms with Gasteiger partial charge in [-0.25, -0.2) is 17.9 Å². The van der Waals surface area contributed by atoms with Crippen molar-refractivity contribution in [3.8, 4) is 17.1 Å². The highest BCUT2D eigenvalue weighted by Gasteiger charge is 2.25. The van der Waals surface area contributed by atoms with E-state index in [0.717, 1.165) is 29.3 Å². The molecule has 148 valence electrons. The van der Waals surface area contributed by atoms with Crippen LogP contribution in [0.4, 0.5) is 0 Å². The molecular weight excluding hydrogens is 380 g/mol. The van der Waals surface area contributed by atoms with Crippen LogP contribution in [0.3, 0.4) is 0 Å².